The number of hydrogen-bond donors (Lipinski definition) is 0. The number of carbonyl (C=O) groups is 1. The Morgan fingerprint density at radius 1 is 1.43 bits per heavy atom. The Kier molecular flexibility index (Phi) is 1.95. The summed E-state index contributed by atoms with van der Waals surface area (Å²) in [5.41, 5.74) is 2.92. The number of benzene rings is 1. The number of methoxy groups -OCH3 is 1. The first kappa shape index (κ1) is 9.06. The van der Waals surface area contributed by atoms with Crippen molar-refractivity contribution < 1.29 is 9.53 Å². The first-order valence-corrected chi connectivity index (χ1v) is 4.56. The van der Waals surface area contributed by atoms with Gasteiger partial charge in [-0.3, -0.25) is 4.79 Å². The van der Waals surface area contributed by atoms with Crippen LogP contribution < -0.4 is 4.74 Å². The molecule has 1 aromatic carbocycles. The van der Waals surface area contributed by atoms with Gasteiger partial charge >= 0.3 is 0 Å². The van der Waals surface area contributed by atoms with E-state index in [1.807, 2.05) is 19.1 Å². The van der Waals surface area contributed by atoms with Crippen molar-refractivity contribution in [1.82, 2.24) is 4.90 Å². The van der Waals surface area contributed by atoms with E-state index < -0.39 is 0 Å². The molecule has 1 heterocycles. The van der Waals surface area contributed by atoms with E-state index in [0.29, 0.717) is 12.3 Å². The van der Waals surface area contributed by atoms with Gasteiger partial charge in [-0.15, -0.1) is 0 Å². The number of fused-ring (bicyclic) bond motifs is 1. The molecule has 1 aliphatic heterocycles. The number of rotatable bonds is 1. The van der Waals surface area contributed by atoms with Gasteiger partial charge in [-0.1, -0.05) is 6.07 Å². The molecule has 0 saturated carbocycles. The Hall–Kier alpha value is -1.51. The van der Waals surface area contributed by atoms with E-state index in [1.54, 1.807) is 19.1 Å². The topological polar surface area (TPSA) is 29.5 Å². The minimum atomic E-state index is 0.0526. The van der Waals surface area contributed by atoms with Gasteiger partial charge in [-0.05, 0) is 24.1 Å². The first-order chi connectivity index (χ1) is 6.63. The molecule has 0 aromatic heterocycles. The van der Waals surface area contributed by atoms with Crippen molar-refractivity contribution in [3.8, 4) is 5.75 Å². The molecule has 3 heteroatoms. The van der Waals surface area contributed by atoms with Crippen molar-refractivity contribution >= 4 is 5.91 Å². The van der Waals surface area contributed by atoms with Crippen LogP contribution in [0.1, 0.15) is 21.5 Å². The van der Waals surface area contributed by atoms with Gasteiger partial charge in [0.15, 0.2) is 0 Å². The average Bonchev–Trinajstić information content (AvgIpc) is 2.41. The van der Waals surface area contributed by atoms with Gasteiger partial charge in [0.1, 0.15) is 5.75 Å². The van der Waals surface area contributed by atoms with Gasteiger partial charge in [0.25, 0.3) is 5.91 Å². The van der Waals surface area contributed by atoms with Crippen LogP contribution in [0.15, 0.2) is 12.1 Å². The monoisotopic (exact) mass is 191 g/mol. The molecule has 0 fully saturated rings. The number of hydrogen-bond acceptors (Lipinski definition) is 2. The summed E-state index contributed by atoms with van der Waals surface area (Å²) < 4.78 is 5.21. The summed E-state index contributed by atoms with van der Waals surface area (Å²) in [7, 11) is 3.40. The maximum Gasteiger partial charge on any atom is 0.258 e. The maximum atomic E-state index is 11.7. The smallest absolute Gasteiger partial charge is 0.258 e. The predicted molar refractivity (Wildman–Crippen MR) is 53.5 cm³/mol. The van der Waals surface area contributed by atoms with Gasteiger partial charge in [0.05, 0.1) is 12.7 Å². The van der Waals surface area contributed by atoms with E-state index in [9.17, 15) is 4.79 Å². The zero-order valence-electron chi connectivity index (χ0n) is 8.63. The van der Waals surface area contributed by atoms with Crippen LogP contribution in [0.3, 0.4) is 0 Å². The summed E-state index contributed by atoms with van der Waals surface area (Å²) in [6.45, 7) is 2.69. The fourth-order valence-electron chi connectivity index (χ4n) is 1.87. The summed E-state index contributed by atoms with van der Waals surface area (Å²) in [5.74, 6) is 0.742. The highest BCUT2D eigenvalue weighted by Crippen LogP contribution is 2.31. The second-order valence-electron chi connectivity index (χ2n) is 3.66. The summed E-state index contributed by atoms with van der Waals surface area (Å²) in [4.78, 5) is 13.4. The zero-order valence-corrected chi connectivity index (χ0v) is 8.63. The second kappa shape index (κ2) is 3.01. The zero-order chi connectivity index (χ0) is 10.3. The van der Waals surface area contributed by atoms with Crippen LogP contribution in [0.25, 0.3) is 0 Å². The second-order valence-corrected chi connectivity index (χ2v) is 3.66. The number of ether oxygens (including phenoxy) is 1. The van der Waals surface area contributed by atoms with Crippen LogP contribution in [-0.2, 0) is 6.54 Å². The molecule has 1 aromatic rings. The SMILES string of the molecule is COc1cc(C)cc2c1C(=O)N(C)C2. The molecule has 3 nitrogen and oxygen atoms in total. The molecule has 0 spiro atoms. The van der Waals surface area contributed by atoms with E-state index in [1.165, 1.54) is 0 Å². The number of carbonyl (C=O) groups excluding carboxylic acids is 1. The molecule has 0 radical (unpaired) electrons. The van der Waals surface area contributed by atoms with Crippen molar-refractivity contribution in [3.63, 3.8) is 0 Å². The Bertz CT molecular complexity index is 399. The molecule has 1 aliphatic rings. The molecule has 0 aliphatic carbocycles. The van der Waals surface area contributed by atoms with Gasteiger partial charge < -0.3 is 9.64 Å². The summed E-state index contributed by atoms with van der Waals surface area (Å²) in [6, 6.07) is 3.94. The van der Waals surface area contributed by atoms with E-state index in [0.717, 1.165) is 16.7 Å². The third-order valence-corrected chi connectivity index (χ3v) is 2.52. The van der Waals surface area contributed by atoms with Crippen LogP contribution in [0.2, 0.25) is 0 Å². The largest absolute Gasteiger partial charge is 0.496 e. The Morgan fingerprint density at radius 3 is 2.79 bits per heavy atom. The minimum absolute atomic E-state index is 0.0526. The molecule has 0 unspecified atom stereocenters. The molecule has 0 saturated heterocycles. The molecule has 14 heavy (non-hydrogen) atoms. The Balaban J connectivity index is 2.62. The molecular formula is C11H13NO2. The highest BCUT2D eigenvalue weighted by atomic mass is 16.5. The highest BCUT2D eigenvalue weighted by Gasteiger charge is 2.28. The van der Waals surface area contributed by atoms with Gasteiger partial charge in [-0.25, -0.2) is 0 Å². The predicted octanol–water partition coefficient (Wildman–Crippen LogP) is 1.59. The van der Waals surface area contributed by atoms with Crippen molar-refractivity contribution in [2.75, 3.05) is 14.2 Å². The molecule has 0 bridgehead atoms. The molecule has 1 amide bonds. The molecule has 0 N–H and O–H groups in total. The number of aryl methyl sites for hydroxylation is 1. The third kappa shape index (κ3) is 1.16. The average molecular weight is 191 g/mol. The van der Waals surface area contributed by atoms with Gasteiger partial charge in [0, 0.05) is 13.6 Å². The molecule has 2 rings (SSSR count). The lowest BCUT2D eigenvalue weighted by atomic mass is 10.1. The summed E-state index contributed by atoms with van der Waals surface area (Å²) >= 11 is 0. The van der Waals surface area contributed by atoms with E-state index in [4.69, 9.17) is 4.74 Å². The molecular weight excluding hydrogens is 178 g/mol. The number of nitrogens with zero attached hydrogens (tertiary/aromatic N) is 1. The number of amides is 1. The van der Waals surface area contributed by atoms with Crippen LogP contribution in [-0.4, -0.2) is 25.0 Å². The lowest BCUT2D eigenvalue weighted by Gasteiger charge is -2.07. The van der Waals surface area contributed by atoms with Crippen molar-refractivity contribution in [2.45, 2.75) is 13.5 Å². The van der Waals surface area contributed by atoms with Crippen LogP contribution in [0.5, 0.6) is 5.75 Å². The van der Waals surface area contributed by atoms with Crippen LogP contribution >= 0.6 is 0 Å². The maximum absolute atomic E-state index is 11.7. The fraction of sp³-hybridized carbons (Fsp3) is 0.364. The standard InChI is InChI=1S/C11H13NO2/c1-7-4-8-6-12(2)11(13)10(8)9(5-7)14-3/h4-5H,6H2,1-3H3. The van der Waals surface area contributed by atoms with Crippen molar-refractivity contribution in [2.24, 2.45) is 0 Å². The lowest BCUT2D eigenvalue weighted by Crippen LogP contribution is -2.17. The normalized spacial score (nSPS) is 14.5. The molecule has 74 valence electrons. The lowest BCUT2D eigenvalue weighted by molar-refractivity contribution is 0.0814. The van der Waals surface area contributed by atoms with Crippen LogP contribution in [0.4, 0.5) is 0 Å². The van der Waals surface area contributed by atoms with Gasteiger partial charge in [-0.2, -0.15) is 0 Å². The quantitative estimate of drug-likeness (QED) is 0.674. The third-order valence-electron chi connectivity index (χ3n) is 2.52. The summed E-state index contributed by atoms with van der Waals surface area (Å²) in [5, 5.41) is 0. The van der Waals surface area contributed by atoms with E-state index in [-0.39, 0.29) is 5.91 Å². The van der Waals surface area contributed by atoms with E-state index in [2.05, 4.69) is 0 Å². The first-order valence-electron chi connectivity index (χ1n) is 4.56. The van der Waals surface area contributed by atoms with Crippen LogP contribution in [0, 0.1) is 6.92 Å². The van der Waals surface area contributed by atoms with Crippen molar-refractivity contribution in [3.05, 3.63) is 28.8 Å². The molecule has 0 atom stereocenters. The van der Waals surface area contributed by atoms with Crippen molar-refractivity contribution in [1.29, 1.82) is 0 Å². The fourth-order valence-corrected chi connectivity index (χ4v) is 1.87. The Labute approximate surface area is 83.3 Å². The highest BCUT2D eigenvalue weighted by molar-refractivity contribution is 6.00. The van der Waals surface area contributed by atoms with E-state index >= 15 is 0 Å². The summed E-state index contributed by atoms with van der Waals surface area (Å²) in [6.07, 6.45) is 0. The van der Waals surface area contributed by atoms with Gasteiger partial charge in [0.2, 0.25) is 0 Å². The Morgan fingerprint density at radius 2 is 2.14 bits per heavy atom. The minimum Gasteiger partial charge on any atom is -0.496 e.